The Morgan fingerprint density at radius 1 is 1.23 bits per heavy atom. The number of aromatic nitrogens is 4. The third-order valence-electron chi connectivity index (χ3n) is 3.99. The third kappa shape index (κ3) is 9.42. The van der Waals surface area contributed by atoms with Crippen LogP contribution in [-0.4, -0.2) is 19.5 Å². The van der Waals surface area contributed by atoms with Crippen molar-refractivity contribution in [1.82, 2.24) is 19.5 Å². The number of alkyl halides is 2. The maximum absolute atomic E-state index is 12.6. The molecule has 0 saturated heterocycles. The lowest BCUT2D eigenvalue weighted by atomic mass is 10.1. The number of rotatable bonds is 5. The molecule has 3 rings (SSSR count). The van der Waals surface area contributed by atoms with Crippen LogP contribution in [0.2, 0.25) is 5.28 Å². The van der Waals surface area contributed by atoms with Gasteiger partial charge >= 0.3 is 0 Å². The zero-order valence-corrected chi connectivity index (χ0v) is 19.7. The van der Waals surface area contributed by atoms with Crippen LogP contribution in [-0.2, 0) is 12.5 Å². The van der Waals surface area contributed by atoms with E-state index in [2.05, 4.69) is 28.5 Å². The molecule has 0 aliphatic heterocycles. The smallest absolute Gasteiger partial charge is 0.270 e. The molecule has 3 aromatic rings. The number of nitrogen functional groups attached to an aromatic ring is 1. The molecule has 0 unspecified atom stereocenters. The van der Waals surface area contributed by atoms with Gasteiger partial charge in [-0.25, -0.2) is 13.8 Å². The van der Waals surface area contributed by atoms with Crippen LogP contribution in [0.3, 0.4) is 0 Å². The van der Waals surface area contributed by atoms with Crippen molar-refractivity contribution in [2.45, 2.75) is 66.3 Å². The van der Waals surface area contributed by atoms with Crippen molar-refractivity contribution in [2.24, 2.45) is 0 Å². The fraction of sp³-hybridized carbons (Fsp3) is 0.435. The van der Waals surface area contributed by atoms with E-state index < -0.39 is 5.92 Å². The highest BCUT2D eigenvalue weighted by Crippen LogP contribution is 2.26. The standard InChI is InChI=1S/C10H14ClN5.C9H10F2.C4H8/c1-2-3-4-5-16-6-13-7-8(12)14-10(11)15-9(7)16;1-7-4-3-5-8(6-7)9(2,10)11;1-4(2)3/h6H,2-5H2,1H3,(H2,12,14,15);3-6H,1-2H3;1H2,2-3H3. The van der Waals surface area contributed by atoms with E-state index in [-0.39, 0.29) is 10.8 Å². The van der Waals surface area contributed by atoms with Gasteiger partial charge in [0.1, 0.15) is 5.52 Å². The number of hydrogen-bond acceptors (Lipinski definition) is 4. The zero-order chi connectivity index (χ0) is 23.6. The maximum atomic E-state index is 12.6. The molecule has 2 aromatic heterocycles. The number of anilines is 1. The monoisotopic (exact) mass is 451 g/mol. The highest BCUT2D eigenvalue weighted by molar-refractivity contribution is 6.28. The number of benzene rings is 1. The average molecular weight is 452 g/mol. The Morgan fingerprint density at radius 2 is 1.87 bits per heavy atom. The van der Waals surface area contributed by atoms with Crippen molar-refractivity contribution < 1.29 is 8.78 Å². The van der Waals surface area contributed by atoms with Gasteiger partial charge in [-0.3, -0.25) is 0 Å². The molecule has 0 atom stereocenters. The fourth-order valence-corrected chi connectivity index (χ4v) is 2.72. The van der Waals surface area contributed by atoms with E-state index in [1.54, 1.807) is 25.4 Å². The molecule has 0 radical (unpaired) electrons. The molecule has 5 nitrogen and oxygen atoms in total. The van der Waals surface area contributed by atoms with Crippen LogP contribution in [0.5, 0.6) is 0 Å². The van der Waals surface area contributed by atoms with Crippen molar-refractivity contribution in [3.63, 3.8) is 0 Å². The Hall–Kier alpha value is -2.54. The van der Waals surface area contributed by atoms with Gasteiger partial charge in [0.2, 0.25) is 5.28 Å². The Bertz CT molecular complexity index is 976. The number of nitrogens with two attached hydrogens (primary N) is 1. The largest absolute Gasteiger partial charge is 0.382 e. The summed E-state index contributed by atoms with van der Waals surface area (Å²) in [5.74, 6) is -2.38. The lowest BCUT2D eigenvalue weighted by Crippen LogP contribution is -2.06. The number of allylic oxidation sites excluding steroid dienone is 1. The van der Waals surface area contributed by atoms with Gasteiger partial charge in [-0.15, -0.1) is 6.58 Å². The lowest BCUT2D eigenvalue weighted by molar-refractivity contribution is 0.0174. The molecule has 31 heavy (non-hydrogen) atoms. The summed E-state index contributed by atoms with van der Waals surface area (Å²) in [6.45, 7) is 13.3. The summed E-state index contributed by atoms with van der Waals surface area (Å²) in [7, 11) is 0. The van der Waals surface area contributed by atoms with Crippen molar-refractivity contribution in [1.29, 1.82) is 0 Å². The second kappa shape index (κ2) is 12.3. The fourth-order valence-electron chi connectivity index (χ4n) is 2.55. The molecule has 2 heterocycles. The number of imidazole rings is 1. The summed E-state index contributed by atoms with van der Waals surface area (Å²) in [6, 6.07) is 6.38. The predicted molar refractivity (Wildman–Crippen MR) is 126 cm³/mol. The summed E-state index contributed by atoms with van der Waals surface area (Å²) in [6.07, 6.45) is 5.21. The summed E-state index contributed by atoms with van der Waals surface area (Å²) < 4.78 is 27.2. The van der Waals surface area contributed by atoms with Crippen LogP contribution in [0, 0.1) is 6.92 Å². The first-order valence-corrected chi connectivity index (χ1v) is 10.5. The molecule has 1 aromatic carbocycles. The van der Waals surface area contributed by atoms with E-state index in [0.29, 0.717) is 17.0 Å². The Kier molecular flexibility index (Phi) is 10.6. The van der Waals surface area contributed by atoms with Crippen LogP contribution >= 0.6 is 11.6 Å². The summed E-state index contributed by atoms with van der Waals surface area (Å²) in [5.41, 5.74) is 9.17. The van der Waals surface area contributed by atoms with Crippen LogP contribution < -0.4 is 5.73 Å². The molecule has 8 heteroatoms. The van der Waals surface area contributed by atoms with Crippen molar-refractivity contribution >= 4 is 28.6 Å². The van der Waals surface area contributed by atoms with Crippen LogP contribution in [0.1, 0.15) is 58.1 Å². The van der Waals surface area contributed by atoms with Gasteiger partial charge < -0.3 is 10.3 Å². The van der Waals surface area contributed by atoms with Gasteiger partial charge in [-0.05, 0) is 38.8 Å². The highest BCUT2D eigenvalue weighted by Gasteiger charge is 2.23. The minimum absolute atomic E-state index is 0.0810. The molecule has 0 bridgehead atoms. The van der Waals surface area contributed by atoms with Gasteiger partial charge in [0, 0.05) is 19.0 Å². The van der Waals surface area contributed by atoms with Crippen molar-refractivity contribution in [2.75, 3.05) is 5.73 Å². The van der Waals surface area contributed by atoms with Crippen molar-refractivity contribution in [3.05, 3.63) is 59.2 Å². The second-order valence-electron chi connectivity index (χ2n) is 7.66. The number of hydrogen-bond donors (Lipinski definition) is 1. The number of halogens is 3. The van der Waals surface area contributed by atoms with Gasteiger partial charge in [-0.1, -0.05) is 55.2 Å². The van der Waals surface area contributed by atoms with E-state index in [1.165, 1.54) is 30.5 Å². The van der Waals surface area contributed by atoms with E-state index >= 15 is 0 Å². The molecule has 0 fully saturated rings. The summed E-state index contributed by atoms with van der Waals surface area (Å²) >= 11 is 5.77. The molecular weight excluding hydrogens is 420 g/mol. The van der Waals surface area contributed by atoms with Crippen LogP contribution in [0.25, 0.3) is 11.2 Å². The van der Waals surface area contributed by atoms with Crippen LogP contribution in [0.4, 0.5) is 14.6 Å². The summed E-state index contributed by atoms with van der Waals surface area (Å²) in [4.78, 5) is 12.2. The normalized spacial score (nSPS) is 10.7. The van der Waals surface area contributed by atoms with Gasteiger partial charge in [0.05, 0.1) is 6.33 Å². The van der Waals surface area contributed by atoms with E-state index in [0.717, 1.165) is 25.5 Å². The quantitative estimate of drug-likeness (QED) is 0.259. The van der Waals surface area contributed by atoms with Crippen LogP contribution in [0.15, 0.2) is 42.7 Å². The number of fused-ring (bicyclic) bond motifs is 1. The molecule has 0 aliphatic rings. The second-order valence-corrected chi connectivity index (χ2v) is 8.00. The topological polar surface area (TPSA) is 69.6 Å². The SMILES string of the molecule is C=C(C)C.CCCCCn1cnc2c(N)nc(Cl)nc21.Cc1cccc(C(C)(F)F)c1. The predicted octanol–water partition coefficient (Wildman–Crippen LogP) is 6.94. The Morgan fingerprint density at radius 3 is 2.39 bits per heavy atom. The number of nitrogens with zero attached hydrogens (tertiary/aromatic N) is 4. The number of unbranched alkanes of at least 4 members (excludes halogenated alkanes) is 2. The first-order valence-electron chi connectivity index (χ1n) is 10.2. The lowest BCUT2D eigenvalue weighted by Gasteiger charge is -2.10. The minimum atomic E-state index is -2.72. The van der Waals surface area contributed by atoms with E-state index in [9.17, 15) is 8.78 Å². The molecule has 0 spiro atoms. The molecule has 0 amide bonds. The summed E-state index contributed by atoms with van der Waals surface area (Å²) in [5, 5.41) is 0.169. The highest BCUT2D eigenvalue weighted by atomic mass is 35.5. The van der Waals surface area contributed by atoms with Gasteiger partial charge in [-0.2, -0.15) is 9.97 Å². The Balaban J connectivity index is 0.000000278. The average Bonchev–Trinajstić information content (AvgIpc) is 3.05. The first kappa shape index (κ1) is 26.5. The molecule has 170 valence electrons. The van der Waals surface area contributed by atoms with Crippen molar-refractivity contribution in [3.8, 4) is 0 Å². The van der Waals surface area contributed by atoms with E-state index in [1.807, 2.05) is 18.4 Å². The number of aryl methyl sites for hydroxylation is 2. The van der Waals surface area contributed by atoms with E-state index in [4.69, 9.17) is 17.3 Å². The van der Waals surface area contributed by atoms with Gasteiger partial charge in [0.15, 0.2) is 11.5 Å². The molecule has 0 aliphatic carbocycles. The van der Waals surface area contributed by atoms with Gasteiger partial charge in [0.25, 0.3) is 5.92 Å². The maximum Gasteiger partial charge on any atom is 0.270 e. The zero-order valence-electron chi connectivity index (χ0n) is 18.9. The third-order valence-corrected chi connectivity index (χ3v) is 4.16. The molecular formula is C23H32ClF2N5. The Labute approximate surface area is 188 Å². The molecule has 2 N–H and O–H groups in total. The molecule has 0 saturated carbocycles. The first-order chi connectivity index (χ1) is 14.5. The minimum Gasteiger partial charge on any atom is -0.382 e.